The molecule has 5 heterocycles. The first-order valence-corrected chi connectivity index (χ1v) is 10.9. The number of hydrogen-bond acceptors (Lipinski definition) is 10. The van der Waals surface area contributed by atoms with Crippen LogP contribution in [0.15, 0.2) is 47.5 Å². The average molecular weight is 488 g/mol. The number of thiophene rings is 1. The smallest absolute Gasteiger partial charge is 0.338 e. The number of halogens is 3. The van der Waals surface area contributed by atoms with Crippen molar-refractivity contribution in [2.75, 3.05) is 18.0 Å². The van der Waals surface area contributed by atoms with Crippen LogP contribution in [0.5, 0.6) is 0 Å². The van der Waals surface area contributed by atoms with E-state index >= 15 is 0 Å². The van der Waals surface area contributed by atoms with E-state index in [1.807, 2.05) is 0 Å². The standard InChI is InChI=1S/C20H15F3N8O2S/c21-20(22,23)19-27-17(29-33-19)14-3-2-13(34-14)11-31(16-10-24-4-5-25-16)15-8-12(9-26-28-15)18(32)30-6-1-7-30/h2-5,8-10H,1,6-7,11H2. The van der Waals surface area contributed by atoms with Crippen molar-refractivity contribution in [3.05, 3.63) is 59.3 Å². The fourth-order valence-electron chi connectivity index (χ4n) is 3.19. The van der Waals surface area contributed by atoms with E-state index in [-0.39, 0.29) is 18.3 Å². The molecule has 0 spiro atoms. The Labute approximate surface area is 194 Å². The summed E-state index contributed by atoms with van der Waals surface area (Å²) in [5.41, 5.74) is 0.400. The number of rotatable bonds is 6. The summed E-state index contributed by atoms with van der Waals surface area (Å²) in [6, 6.07) is 4.97. The molecule has 4 aromatic heterocycles. The molecule has 0 bridgehead atoms. The van der Waals surface area contributed by atoms with Gasteiger partial charge in [0.2, 0.25) is 5.82 Å². The highest BCUT2D eigenvalue weighted by Crippen LogP contribution is 2.33. The zero-order valence-electron chi connectivity index (χ0n) is 17.3. The van der Waals surface area contributed by atoms with Crippen molar-refractivity contribution in [3.8, 4) is 10.7 Å². The van der Waals surface area contributed by atoms with E-state index in [1.165, 1.54) is 36.1 Å². The van der Waals surface area contributed by atoms with Gasteiger partial charge >= 0.3 is 12.1 Å². The van der Waals surface area contributed by atoms with Crippen LogP contribution in [0.25, 0.3) is 10.7 Å². The highest BCUT2D eigenvalue weighted by Gasteiger charge is 2.38. The van der Waals surface area contributed by atoms with Gasteiger partial charge in [-0.15, -0.1) is 16.4 Å². The van der Waals surface area contributed by atoms with Gasteiger partial charge in [-0.1, -0.05) is 5.16 Å². The maximum Gasteiger partial charge on any atom is 0.471 e. The average Bonchev–Trinajstić information content (AvgIpc) is 3.46. The maximum absolute atomic E-state index is 12.8. The lowest BCUT2D eigenvalue weighted by Crippen LogP contribution is -2.42. The molecule has 0 radical (unpaired) electrons. The van der Waals surface area contributed by atoms with Crippen LogP contribution in [0.2, 0.25) is 0 Å². The van der Waals surface area contributed by atoms with Gasteiger partial charge in [-0.05, 0) is 24.6 Å². The third-order valence-electron chi connectivity index (χ3n) is 5.00. The Morgan fingerprint density at radius 2 is 2.03 bits per heavy atom. The van der Waals surface area contributed by atoms with Crippen molar-refractivity contribution in [1.82, 2.24) is 35.2 Å². The molecule has 0 aromatic carbocycles. The summed E-state index contributed by atoms with van der Waals surface area (Å²) in [4.78, 5) is 29.1. The van der Waals surface area contributed by atoms with E-state index in [2.05, 4.69) is 34.8 Å². The highest BCUT2D eigenvalue weighted by molar-refractivity contribution is 7.15. The van der Waals surface area contributed by atoms with Crippen molar-refractivity contribution in [2.45, 2.75) is 19.1 Å². The Morgan fingerprint density at radius 3 is 2.71 bits per heavy atom. The molecule has 14 heteroatoms. The van der Waals surface area contributed by atoms with Gasteiger partial charge in [0.25, 0.3) is 5.91 Å². The number of aromatic nitrogens is 6. The van der Waals surface area contributed by atoms with E-state index in [4.69, 9.17) is 0 Å². The fraction of sp³-hybridized carbons (Fsp3) is 0.250. The van der Waals surface area contributed by atoms with Crippen LogP contribution in [-0.4, -0.2) is 54.2 Å². The van der Waals surface area contributed by atoms with Crippen LogP contribution in [-0.2, 0) is 12.7 Å². The second-order valence-corrected chi connectivity index (χ2v) is 8.45. The minimum Gasteiger partial charge on any atom is -0.338 e. The number of alkyl halides is 3. The van der Waals surface area contributed by atoms with Gasteiger partial charge in [-0.3, -0.25) is 9.78 Å². The molecule has 1 aliphatic rings. The number of carbonyl (C=O) groups is 1. The second-order valence-electron chi connectivity index (χ2n) is 7.28. The zero-order valence-corrected chi connectivity index (χ0v) is 18.1. The van der Waals surface area contributed by atoms with Crippen molar-refractivity contribution in [1.29, 1.82) is 0 Å². The number of amides is 1. The Morgan fingerprint density at radius 1 is 1.18 bits per heavy atom. The molecule has 0 atom stereocenters. The predicted octanol–water partition coefficient (Wildman–Crippen LogP) is 3.58. The number of likely N-dealkylation sites (tertiary alicyclic amines) is 1. The lowest BCUT2D eigenvalue weighted by atomic mass is 10.1. The molecule has 174 valence electrons. The molecule has 1 aliphatic heterocycles. The van der Waals surface area contributed by atoms with Crippen LogP contribution >= 0.6 is 11.3 Å². The van der Waals surface area contributed by atoms with Gasteiger partial charge in [0.15, 0.2) is 11.6 Å². The third kappa shape index (κ3) is 4.44. The number of anilines is 2. The lowest BCUT2D eigenvalue weighted by Gasteiger charge is -2.31. The van der Waals surface area contributed by atoms with E-state index in [9.17, 15) is 18.0 Å². The summed E-state index contributed by atoms with van der Waals surface area (Å²) in [5.74, 6) is -0.855. The van der Waals surface area contributed by atoms with E-state index in [1.54, 1.807) is 28.0 Å². The third-order valence-corrected chi connectivity index (χ3v) is 6.06. The number of carbonyl (C=O) groups excluding carboxylic acids is 1. The normalized spacial score (nSPS) is 13.6. The predicted molar refractivity (Wildman–Crippen MR) is 113 cm³/mol. The van der Waals surface area contributed by atoms with Crippen molar-refractivity contribution in [2.24, 2.45) is 0 Å². The Balaban J connectivity index is 1.43. The molecular weight excluding hydrogens is 473 g/mol. The summed E-state index contributed by atoms with van der Waals surface area (Å²) in [6.45, 7) is 1.65. The first kappa shape index (κ1) is 21.9. The first-order valence-electron chi connectivity index (χ1n) is 10.0. The molecule has 4 aromatic rings. The lowest BCUT2D eigenvalue weighted by molar-refractivity contribution is -0.159. The molecule has 0 N–H and O–H groups in total. The molecular formula is C20H15F3N8O2S. The monoisotopic (exact) mass is 488 g/mol. The van der Waals surface area contributed by atoms with Crippen LogP contribution in [0.1, 0.15) is 27.5 Å². The molecule has 34 heavy (non-hydrogen) atoms. The van der Waals surface area contributed by atoms with E-state index in [0.29, 0.717) is 35.2 Å². The summed E-state index contributed by atoms with van der Waals surface area (Å²) < 4.78 is 42.7. The molecule has 1 fully saturated rings. The quantitative estimate of drug-likeness (QED) is 0.402. The van der Waals surface area contributed by atoms with Gasteiger partial charge in [0, 0.05) is 30.4 Å². The minimum atomic E-state index is -4.72. The molecule has 0 saturated carbocycles. The SMILES string of the molecule is O=C(c1cnnc(N(Cc2ccc(-c3noc(C(F)(F)F)n3)s2)c2cnccn2)c1)N1CCC1. The highest BCUT2D eigenvalue weighted by atomic mass is 32.1. The van der Waals surface area contributed by atoms with Crippen molar-refractivity contribution >= 4 is 28.9 Å². The molecule has 1 amide bonds. The van der Waals surface area contributed by atoms with Gasteiger partial charge in [0.05, 0.1) is 29.4 Å². The largest absolute Gasteiger partial charge is 0.471 e. The summed E-state index contributed by atoms with van der Waals surface area (Å²) in [5, 5.41) is 11.6. The fourth-order valence-corrected chi connectivity index (χ4v) is 4.12. The topological polar surface area (TPSA) is 114 Å². The van der Waals surface area contributed by atoms with E-state index < -0.39 is 12.1 Å². The van der Waals surface area contributed by atoms with Crippen molar-refractivity contribution in [3.63, 3.8) is 0 Å². The summed E-state index contributed by atoms with van der Waals surface area (Å²) in [6.07, 6.45) is 2.24. The zero-order chi connectivity index (χ0) is 23.7. The molecule has 0 aliphatic carbocycles. The van der Waals surface area contributed by atoms with E-state index in [0.717, 1.165) is 11.3 Å². The molecule has 1 saturated heterocycles. The van der Waals surface area contributed by atoms with Gasteiger partial charge in [0.1, 0.15) is 0 Å². The van der Waals surface area contributed by atoms with Gasteiger partial charge in [-0.2, -0.15) is 23.3 Å². The molecule has 0 unspecified atom stereocenters. The Hall–Kier alpha value is -3.94. The second kappa shape index (κ2) is 8.78. The number of nitrogens with zero attached hydrogens (tertiary/aromatic N) is 8. The Bertz CT molecular complexity index is 1310. The van der Waals surface area contributed by atoms with Crippen LogP contribution in [0, 0.1) is 0 Å². The van der Waals surface area contributed by atoms with Crippen LogP contribution in [0.4, 0.5) is 24.8 Å². The Kier molecular flexibility index (Phi) is 5.65. The minimum absolute atomic E-state index is 0.127. The van der Waals surface area contributed by atoms with Crippen molar-refractivity contribution < 1.29 is 22.5 Å². The van der Waals surface area contributed by atoms with Gasteiger partial charge in [-0.25, -0.2) is 4.98 Å². The molecule has 10 nitrogen and oxygen atoms in total. The summed E-state index contributed by atoms with van der Waals surface area (Å²) >= 11 is 1.19. The number of hydrogen-bond donors (Lipinski definition) is 0. The first-order chi connectivity index (χ1) is 16.4. The summed E-state index contributed by atoms with van der Waals surface area (Å²) in [7, 11) is 0. The van der Waals surface area contributed by atoms with Crippen LogP contribution < -0.4 is 4.90 Å². The van der Waals surface area contributed by atoms with Gasteiger partial charge < -0.3 is 14.3 Å². The molecule has 5 rings (SSSR count). The maximum atomic E-state index is 12.8. The van der Waals surface area contributed by atoms with Crippen LogP contribution in [0.3, 0.4) is 0 Å².